The number of carbonyl (C=O) groups is 1. The maximum Gasteiger partial charge on any atom is 0.419 e. The van der Waals surface area contributed by atoms with E-state index < -0.39 is 23.6 Å². The topological polar surface area (TPSA) is 54.3 Å². The van der Waals surface area contributed by atoms with Crippen LogP contribution < -0.4 is 0 Å². The van der Waals surface area contributed by atoms with Gasteiger partial charge >= 0.3 is 6.18 Å². The van der Waals surface area contributed by atoms with E-state index in [1.807, 2.05) is 37.3 Å². The molecule has 5 heterocycles. The Bertz CT molecular complexity index is 1800. The Labute approximate surface area is 265 Å². The molecule has 7 rings (SSSR count). The third kappa shape index (κ3) is 6.12. The van der Waals surface area contributed by atoms with Crippen molar-refractivity contribution in [1.82, 2.24) is 24.6 Å². The number of benzene rings is 2. The van der Waals surface area contributed by atoms with Crippen molar-refractivity contribution in [3.05, 3.63) is 106 Å². The number of ketones is 1. The fourth-order valence-electron chi connectivity index (χ4n) is 7.58. The highest BCUT2D eigenvalue weighted by molar-refractivity contribution is 5.99. The standard InChI is InChI=1S/C36H37F4N5O/c1-23-16-30-20-28(22-43-14-9-29(10-15-43)44-12-2-3-13-44)42-45(30)35(26-6-7-31(32(37)19-26)36(38,39)40)34(23)33(46)18-24-4-5-27-21-41-11-8-25(27)17-24/h4-8,11,17,19-21,29,35H,2-3,9-10,12-16,18,22H2,1H3. The van der Waals surface area contributed by atoms with Crippen LogP contribution in [0.1, 0.15) is 66.7 Å². The number of halogens is 4. The molecule has 1 unspecified atom stereocenters. The molecule has 3 aliphatic heterocycles. The highest BCUT2D eigenvalue weighted by Crippen LogP contribution is 2.39. The van der Waals surface area contributed by atoms with Crippen LogP contribution in [-0.4, -0.2) is 62.6 Å². The molecule has 2 aromatic carbocycles. The summed E-state index contributed by atoms with van der Waals surface area (Å²) < 4.78 is 57.2. The minimum Gasteiger partial charge on any atom is -0.300 e. The molecule has 2 aromatic heterocycles. The minimum atomic E-state index is -4.82. The van der Waals surface area contributed by atoms with Gasteiger partial charge in [-0.25, -0.2) is 4.39 Å². The van der Waals surface area contributed by atoms with E-state index in [0.717, 1.165) is 71.4 Å². The number of Topliss-reactive ketones (excluding diaryl/α,β-unsaturated/α-hetero) is 1. The molecule has 3 aliphatic rings. The van der Waals surface area contributed by atoms with Gasteiger partial charge in [-0.15, -0.1) is 0 Å². The summed E-state index contributed by atoms with van der Waals surface area (Å²) in [6.07, 6.45) is 4.01. The van der Waals surface area contributed by atoms with Gasteiger partial charge in [-0.1, -0.05) is 29.8 Å². The third-order valence-corrected chi connectivity index (χ3v) is 9.87. The van der Waals surface area contributed by atoms with Crippen LogP contribution in [0.5, 0.6) is 0 Å². The fourth-order valence-corrected chi connectivity index (χ4v) is 7.58. The van der Waals surface area contributed by atoms with Crippen molar-refractivity contribution in [3.63, 3.8) is 0 Å². The molecule has 46 heavy (non-hydrogen) atoms. The molecule has 0 N–H and O–H groups in total. The van der Waals surface area contributed by atoms with Gasteiger partial charge in [0.15, 0.2) is 5.78 Å². The third-order valence-electron chi connectivity index (χ3n) is 9.87. The molecule has 4 aromatic rings. The molecular weight excluding hydrogens is 594 g/mol. The second kappa shape index (κ2) is 12.4. The van der Waals surface area contributed by atoms with Crippen molar-refractivity contribution >= 4 is 16.6 Å². The second-order valence-electron chi connectivity index (χ2n) is 13.0. The first kappa shape index (κ1) is 30.7. The van der Waals surface area contributed by atoms with Crippen molar-refractivity contribution in [2.24, 2.45) is 0 Å². The zero-order valence-corrected chi connectivity index (χ0v) is 25.9. The molecule has 0 saturated carbocycles. The zero-order chi connectivity index (χ0) is 32.0. The van der Waals surface area contributed by atoms with E-state index in [-0.39, 0.29) is 17.8 Å². The monoisotopic (exact) mass is 631 g/mol. The number of allylic oxidation sites excluding steroid dienone is 2. The number of piperidine rings is 1. The van der Waals surface area contributed by atoms with Crippen LogP contribution in [0.4, 0.5) is 17.6 Å². The molecule has 2 fully saturated rings. The summed E-state index contributed by atoms with van der Waals surface area (Å²) >= 11 is 0. The van der Waals surface area contributed by atoms with Crippen LogP contribution in [0.15, 0.2) is 72.1 Å². The Morgan fingerprint density at radius 1 is 0.957 bits per heavy atom. The van der Waals surface area contributed by atoms with E-state index in [4.69, 9.17) is 5.10 Å². The molecule has 10 heteroatoms. The summed E-state index contributed by atoms with van der Waals surface area (Å²) in [5, 5.41) is 6.86. The van der Waals surface area contributed by atoms with Crippen molar-refractivity contribution < 1.29 is 22.4 Å². The van der Waals surface area contributed by atoms with E-state index in [0.29, 0.717) is 24.6 Å². The lowest BCUT2D eigenvalue weighted by molar-refractivity contribution is -0.140. The lowest BCUT2D eigenvalue weighted by Gasteiger charge is -2.36. The predicted octanol–water partition coefficient (Wildman–Crippen LogP) is 6.92. The fraction of sp³-hybridized carbons (Fsp3) is 0.417. The number of carbonyl (C=O) groups excluding carboxylic acids is 1. The van der Waals surface area contributed by atoms with E-state index in [1.165, 1.54) is 32.0 Å². The number of alkyl halides is 3. The van der Waals surface area contributed by atoms with Crippen LogP contribution >= 0.6 is 0 Å². The number of rotatable bonds is 7. The SMILES string of the molecule is CC1=C(C(=O)Cc2ccc3cnccc3c2)C(c2ccc(C(F)(F)F)c(F)c2)n2nc(CN3CCC(N4CCCC4)CC3)cc2C1. The molecule has 6 nitrogen and oxygen atoms in total. The summed E-state index contributed by atoms with van der Waals surface area (Å²) in [5.41, 5.74) is 2.71. The molecule has 2 saturated heterocycles. The quantitative estimate of drug-likeness (QED) is 0.207. The number of nitrogens with zero attached hydrogens (tertiary/aromatic N) is 5. The van der Waals surface area contributed by atoms with Gasteiger partial charge in [0.1, 0.15) is 11.9 Å². The zero-order valence-electron chi connectivity index (χ0n) is 25.9. The lowest BCUT2D eigenvalue weighted by Crippen LogP contribution is -2.43. The number of hydrogen-bond acceptors (Lipinski definition) is 5. The van der Waals surface area contributed by atoms with Crippen molar-refractivity contribution in [2.75, 3.05) is 26.2 Å². The van der Waals surface area contributed by atoms with E-state index in [2.05, 4.69) is 14.8 Å². The predicted molar refractivity (Wildman–Crippen MR) is 168 cm³/mol. The number of aromatic nitrogens is 3. The van der Waals surface area contributed by atoms with Crippen LogP contribution in [0, 0.1) is 5.82 Å². The first-order chi connectivity index (χ1) is 22.1. The first-order valence-electron chi connectivity index (χ1n) is 16.1. The maximum atomic E-state index is 15.0. The van der Waals surface area contributed by atoms with Crippen molar-refractivity contribution in [1.29, 1.82) is 0 Å². The largest absolute Gasteiger partial charge is 0.419 e. The molecule has 0 radical (unpaired) electrons. The van der Waals surface area contributed by atoms with Gasteiger partial charge in [0, 0.05) is 67.6 Å². The Balaban J connectivity index is 1.19. The Hall–Kier alpha value is -3.89. The van der Waals surface area contributed by atoms with Gasteiger partial charge in [0.05, 0.1) is 11.3 Å². The number of pyridine rings is 1. The molecule has 240 valence electrons. The highest BCUT2D eigenvalue weighted by Gasteiger charge is 2.37. The molecule has 0 bridgehead atoms. The summed E-state index contributed by atoms with van der Waals surface area (Å²) in [7, 11) is 0. The number of fused-ring (bicyclic) bond motifs is 2. The average Bonchev–Trinajstić information content (AvgIpc) is 3.70. The lowest BCUT2D eigenvalue weighted by atomic mass is 9.85. The molecular formula is C36H37F4N5O. The van der Waals surface area contributed by atoms with Crippen molar-refractivity contribution in [3.8, 4) is 0 Å². The summed E-state index contributed by atoms with van der Waals surface area (Å²) in [4.78, 5) is 23.2. The average molecular weight is 632 g/mol. The van der Waals surface area contributed by atoms with Crippen LogP contribution in [0.2, 0.25) is 0 Å². The van der Waals surface area contributed by atoms with Gasteiger partial charge < -0.3 is 4.90 Å². The maximum absolute atomic E-state index is 15.0. The molecule has 0 aliphatic carbocycles. The van der Waals surface area contributed by atoms with Crippen LogP contribution in [0.3, 0.4) is 0 Å². The Morgan fingerprint density at radius 3 is 2.48 bits per heavy atom. The van der Waals surface area contributed by atoms with E-state index in [9.17, 15) is 22.4 Å². The number of likely N-dealkylation sites (tertiary alicyclic amines) is 2. The van der Waals surface area contributed by atoms with Gasteiger partial charge in [-0.2, -0.15) is 18.3 Å². The Morgan fingerprint density at radius 2 is 1.74 bits per heavy atom. The number of hydrogen-bond donors (Lipinski definition) is 0. The molecule has 1 atom stereocenters. The van der Waals surface area contributed by atoms with Gasteiger partial charge in [0.2, 0.25) is 0 Å². The van der Waals surface area contributed by atoms with Crippen LogP contribution in [0.25, 0.3) is 10.8 Å². The molecule has 0 amide bonds. The molecule has 0 spiro atoms. The van der Waals surface area contributed by atoms with E-state index in [1.54, 1.807) is 17.1 Å². The summed E-state index contributed by atoms with van der Waals surface area (Å²) in [6, 6.07) is 12.4. The van der Waals surface area contributed by atoms with Crippen molar-refractivity contribution in [2.45, 2.75) is 70.3 Å². The summed E-state index contributed by atoms with van der Waals surface area (Å²) in [5.74, 6) is -1.53. The first-order valence-corrected chi connectivity index (χ1v) is 16.1. The van der Waals surface area contributed by atoms with Gasteiger partial charge in [-0.05, 0) is 86.5 Å². The smallest absolute Gasteiger partial charge is 0.300 e. The normalized spacial score (nSPS) is 20.1. The highest BCUT2D eigenvalue weighted by atomic mass is 19.4. The Kier molecular flexibility index (Phi) is 8.27. The van der Waals surface area contributed by atoms with Gasteiger partial charge in [0.25, 0.3) is 0 Å². The van der Waals surface area contributed by atoms with E-state index >= 15 is 0 Å². The second-order valence-corrected chi connectivity index (χ2v) is 13.0. The minimum absolute atomic E-state index is 0.0972. The van der Waals surface area contributed by atoms with Crippen LogP contribution in [-0.2, 0) is 30.4 Å². The summed E-state index contributed by atoms with van der Waals surface area (Å²) in [6.45, 7) is 6.85. The van der Waals surface area contributed by atoms with Gasteiger partial charge in [-0.3, -0.25) is 19.4 Å².